The second-order valence-corrected chi connectivity index (χ2v) is 12.7. The molecule has 3 aromatic carbocycles. The molecule has 1 saturated heterocycles. The lowest BCUT2D eigenvalue weighted by atomic mass is 10.1. The number of nitrogens with one attached hydrogen (secondary N) is 4. The minimum Gasteiger partial charge on any atom is -0.324 e. The Morgan fingerprint density at radius 1 is 0.851 bits per heavy atom. The molecule has 1 aromatic heterocycles. The SMILES string of the molecule is O=C(Nc1ccc(Cl)c(C(=O)Nc2cnc(Nc3ccc(S(=O)(=O)NCCN4CCCC4)cc3)nc2)c1)c1cccc(C(F)(F)F)c1. The summed E-state index contributed by atoms with van der Waals surface area (Å²) in [6.07, 6.45) is 0.328. The standard InChI is InChI=1S/C31H29ClF3N7O4S/c32-27-11-8-23(39-28(43)20-4-3-5-21(16-20)31(33,34)35)17-26(27)29(44)40-24-18-36-30(37-19-24)41-22-6-9-25(10-7-22)47(45,46)38-12-15-42-13-1-2-14-42/h3-11,16-19,38H,1-2,12-15H2,(H,39,43)(H,40,44)(H,36,37,41). The molecule has 11 nitrogen and oxygen atoms in total. The minimum atomic E-state index is -4.61. The minimum absolute atomic E-state index is 0.0173. The summed E-state index contributed by atoms with van der Waals surface area (Å²) in [6.45, 7) is 2.96. The van der Waals surface area contributed by atoms with Crippen LogP contribution in [0, 0.1) is 0 Å². The summed E-state index contributed by atoms with van der Waals surface area (Å²) < 4.78 is 67.0. The maximum atomic E-state index is 13.0. The molecule has 2 heterocycles. The van der Waals surface area contributed by atoms with Gasteiger partial charge < -0.3 is 20.9 Å². The lowest BCUT2D eigenvalue weighted by Gasteiger charge is -2.15. The van der Waals surface area contributed by atoms with Crippen LogP contribution >= 0.6 is 11.6 Å². The summed E-state index contributed by atoms with van der Waals surface area (Å²) in [4.78, 5) is 36.2. The second kappa shape index (κ2) is 14.5. The number of carbonyl (C=O) groups excluding carboxylic acids is 2. The normalized spacial score (nSPS) is 13.7. The summed E-state index contributed by atoms with van der Waals surface area (Å²) in [5.41, 5.74) is -0.312. The van der Waals surface area contributed by atoms with Crippen LogP contribution < -0.4 is 20.7 Å². The van der Waals surface area contributed by atoms with Gasteiger partial charge in [0.25, 0.3) is 11.8 Å². The smallest absolute Gasteiger partial charge is 0.324 e. The number of hydrogen-bond donors (Lipinski definition) is 4. The van der Waals surface area contributed by atoms with Crippen LogP contribution in [0.3, 0.4) is 0 Å². The fraction of sp³-hybridized carbons (Fsp3) is 0.226. The lowest BCUT2D eigenvalue weighted by Crippen LogP contribution is -2.33. The Bertz CT molecular complexity index is 1850. The molecule has 2 amide bonds. The maximum Gasteiger partial charge on any atom is 0.416 e. The van der Waals surface area contributed by atoms with Gasteiger partial charge in [0.2, 0.25) is 16.0 Å². The van der Waals surface area contributed by atoms with Crippen LogP contribution in [0.15, 0.2) is 84.0 Å². The molecule has 16 heteroatoms. The monoisotopic (exact) mass is 687 g/mol. The van der Waals surface area contributed by atoms with E-state index in [-0.39, 0.29) is 38.4 Å². The molecular weight excluding hydrogens is 659 g/mol. The highest BCUT2D eigenvalue weighted by Crippen LogP contribution is 2.30. The number of nitrogens with zero attached hydrogens (tertiary/aromatic N) is 3. The molecule has 0 aliphatic carbocycles. The van der Waals surface area contributed by atoms with Crippen molar-refractivity contribution in [1.29, 1.82) is 0 Å². The van der Waals surface area contributed by atoms with Crippen LogP contribution in [-0.2, 0) is 16.2 Å². The second-order valence-electron chi connectivity index (χ2n) is 10.6. The molecule has 0 saturated carbocycles. The highest BCUT2D eigenvalue weighted by molar-refractivity contribution is 7.89. The van der Waals surface area contributed by atoms with Gasteiger partial charge in [-0.3, -0.25) is 9.59 Å². The molecule has 0 spiro atoms. The van der Waals surface area contributed by atoms with Crippen LogP contribution in [0.2, 0.25) is 5.02 Å². The Hall–Kier alpha value is -4.57. The van der Waals surface area contributed by atoms with Crippen LogP contribution in [0.25, 0.3) is 0 Å². The van der Waals surface area contributed by atoms with E-state index in [4.69, 9.17) is 11.6 Å². The van der Waals surface area contributed by atoms with E-state index in [0.29, 0.717) is 18.8 Å². The average molecular weight is 688 g/mol. The van der Waals surface area contributed by atoms with Crippen LogP contribution in [-0.4, -0.2) is 61.3 Å². The topological polar surface area (TPSA) is 145 Å². The van der Waals surface area contributed by atoms with E-state index in [2.05, 4.69) is 35.5 Å². The first-order chi connectivity index (χ1) is 22.4. The van der Waals surface area contributed by atoms with Gasteiger partial charge in [-0.15, -0.1) is 0 Å². The summed E-state index contributed by atoms with van der Waals surface area (Å²) in [5.74, 6) is -1.28. The van der Waals surface area contributed by atoms with E-state index in [9.17, 15) is 31.2 Å². The Kier molecular flexibility index (Phi) is 10.4. The van der Waals surface area contributed by atoms with Crippen molar-refractivity contribution in [3.05, 3.63) is 101 Å². The van der Waals surface area contributed by atoms with Gasteiger partial charge in [-0.1, -0.05) is 17.7 Å². The highest BCUT2D eigenvalue weighted by atomic mass is 35.5. The Morgan fingerprint density at radius 2 is 1.51 bits per heavy atom. The molecule has 0 atom stereocenters. The number of likely N-dealkylation sites (tertiary alicyclic amines) is 1. The van der Waals surface area contributed by atoms with Gasteiger partial charge in [-0.05, 0) is 86.6 Å². The van der Waals surface area contributed by atoms with Gasteiger partial charge in [-0.2, -0.15) is 13.2 Å². The van der Waals surface area contributed by atoms with Crippen LogP contribution in [0.1, 0.15) is 39.1 Å². The van der Waals surface area contributed by atoms with E-state index >= 15 is 0 Å². The molecule has 1 fully saturated rings. The van der Waals surface area contributed by atoms with Gasteiger partial charge in [0.1, 0.15) is 0 Å². The van der Waals surface area contributed by atoms with Crippen molar-refractivity contribution in [2.24, 2.45) is 0 Å². The number of alkyl halides is 3. The Labute approximate surface area is 273 Å². The number of carbonyl (C=O) groups is 2. The predicted octanol–water partition coefficient (Wildman–Crippen LogP) is 5.77. The third kappa shape index (κ3) is 9.04. The summed E-state index contributed by atoms with van der Waals surface area (Å²) in [7, 11) is -3.66. The zero-order valence-corrected chi connectivity index (χ0v) is 26.2. The molecule has 1 aliphatic heterocycles. The van der Waals surface area contributed by atoms with Gasteiger partial charge in [0.15, 0.2) is 0 Å². The molecule has 4 aromatic rings. The first kappa shape index (κ1) is 33.8. The van der Waals surface area contributed by atoms with Crippen molar-refractivity contribution in [2.45, 2.75) is 23.9 Å². The van der Waals surface area contributed by atoms with Crippen LogP contribution in [0.4, 0.5) is 36.2 Å². The number of halogens is 4. The average Bonchev–Trinajstić information content (AvgIpc) is 3.56. The highest BCUT2D eigenvalue weighted by Gasteiger charge is 2.31. The molecule has 0 bridgehead atoms. The first-order valence-corrected chi connectivity index (χ1v) is 16.2. The number of sulfonamides is 1. The zero-order valence-electron chi connectivity index (χ0n) is 24.6. The number of rotatable bonds is 11. The fourth-order valence-electron chi connectivity index (χ4n) is 4.75. The van der Waals surface area contributed by atoms with E-state index in [1.807, 2.05) is 0 Å². The molecule has 47 heavy (non-hydrogen) atoms. The summed E-state index contributed by atoms with van der Waals surface area (Å²) >= 11 is 6.20. The first-order valence-electron chi connectivity index (χ1n) is 14.4. The number of amides is 2. The van der Waals surface area contributed by atoms with Gasteiger partial charge in [0, 0.05) is 30.0 Å². The molecule has 246 valence electrons. The zero-order chi connectivity index (χ0) is 33.6. The molecule has 0 radical (unpaired) electrons. The van der Waals surface area contributed by atoms with Crippen molar-refractivity contribution < 1.29 is 31.2 Å². The van der Waals surface area contributed by atoms with E-state index in [1.54, 1.807) is 12.1 Å². The van der Waals surface area contributed by atoms with Gasteiger partial charge in [0.05, 0.1) is 39.1 Å². The molecule has 5 rings (SSSR count). The molecule has 1 aliphatic rings. The van der Waals surface area contributed by atoms with Gasteiger partial charge in [-0.25, -0.2) is 23.1 Å². The maximum absolute atomic E-state index is 13.0. The number of benzene rings is 3. The lowest BCUT2D eigenvalue weighted by molar-refractivity contribution is -0.137. The number of hydrogen-bond acceptors (Lipinski definition) is 8. The van der Waals surface area contributed by atoms with Crippen molar-refractivity contribution in [2.75, 3.05) is 42.1 Å². The predicted molar refractivity (Wildman–Crippen MR) is 171 cm³/mol. The van der Waals surface area contributed by atoms with E-state index < -0.39 is 33.6 Å². The van der Waals surface area contributed by atoms with Gasteiger partial charge >= 0.3 is 6.18 Å². The van der Waals surface area contributed by atoms with Crippen molar-refractivity contribution in [1.82, 2.24) is 19.6 Å². The fourth-order valence-corrected chi connectivity index (χ4v) is 5.97. The quantitative estimate of drug-likeness (QED) is 0.156. The third-order valence-electron chi connectivity index (χ3n) is 7.17. The molecule has 4 N–H and O–H groups in total. The van der Waals surface area contributed by atoms with E-state index in [0.717, 1.165) is 44.1 Å². The molecular formula is C31H29ClF3N7O4S. The largest absolute Gasteiger partial charge is 0.416 e. The number of aromatic nitrogens is 2. The van der Waals surface area contributed by atoms with Crippen LogP contribution in [0.5, 0.6) is 0 Å². The van der Waals surface area contributed by atoms with Crippen molar-refractivity contribution in [3.63, 3.8) is 0 Å². The van der Waals surface area contributed by atoms with Crippen molar-refractivity contribution >= 4 is 56.4 Å². The Morgan fingerprint density at radius 3 is 2.19 bits per heavy atom. The van der Waals surface area contributed by atoms with Crippen molar-refractivity contribution in [3.8, 4) is 0 Å². The summed E-state index contributed by atoms with van der Waals surface area (Å²) in [5, 5.41) is 8.08. The summed E-state index contributed by atoms with van der Waals surface area (Å²) in [6, 6.07) is 14.1. The number of anilines is 4. The Balaban J connectivity index is 1.16. The third-order valence-corrected chi connectivity index (χ3v) is 8.98. The molecule has 0 unspecified atom stereocenters. The van der Waals surface area contributed by atoms with E-state index in [1.165, 1.54) is 48.8 Å².